The van der Waals surface area contributed by atoms with Crippen LogP contribution in [0.4, 0.5) is 16.2 Å². The van der Waals surface area contributed by atoms with Crippen molar-refractivity contribution in [2.45, 2.75) is 25.5 Å². The third-order valence-corrected chi connectivity index (χ3v) is 3.59. The summed E-state index contributed by atoms with van der Waals surface area (Å²) in [4.78, 5) is 8.52. The van der Waals surface area contributed by atoms with Gasteiger partial charge in [0.15, 0.2) is 0 Å². The molecule has 2 aromatic rings. The molecule has 0 saturated carbocycles. The molecule has 22 heavy (non-hydrogen) atoms. The fourth-order valence-electron chi connectivity index (χ4n) is 2.38. The second-order valence-corrected chi connectivity index (χ2v) is 5.23. The fourth-order valence-corrected chi connectivity index (χ4v) is 2.38. The van der Waals surface area contributed by atoms with Crippen LogP contribution >= 0.6 is 0 Å². The molecule has 0 bridgehead atoms. The highest BCUT2D eigenvalue weighted by atomic mass is 19.1. The van der Waals surface area contributed by atoms with Crippen LogP contribution in [0, 0.1) is 5.82 Å². The smallest absolute Gasteiger partial charge is 0.224 e. The van der Waals surface area contributed by atoms with Gasteiger partial charge >= 0.3 is 0 Å². The molecule has 1 saturated heterocycles. The Kier molecular flexibility index (Phi) is 4.80. The van der Waals surface area contributed by atoms with Gasteiger partial charge in [0.1, 0.15) is 11.6 Å². The summed E-state index contributed by atoms with van der Waals surface area (Å²) in [7, 11) is 0. The molecule has 1 aromatic carbocycles. The van der Waals surface area contributed by atoms with E-state index in [4.69, 9.17) is 4.74 Å². The van der Waals surface area contributed by atoms with Crippen molar-refractivity contribution < 1.29 is 9.13 Å². The predicted octanol–water partition coefficient (Wildman–Crippen LogP) is 2.82. The van der Waals surface area contributed by atoms with E-state index in [1.807, 2.05) is 6.07 Å². The number of anilines is 2. The summed E-state index contributed by atoms with van der Waals surface area (Å²) >= 11 is 0. The molecular formula is C16H19FN4O. The molecule has 0 amide bonds. The fraction of sp³-hybridized carbons (Fsp3) is 0.375. The van der Waals surface area contributed by atoms with Gasteiger partial charge in [-0.2, -0.15) is 4.98 Å². The molecule has 2 heterocycles. The van der Waals surface area contributed by atoms with Crippen LogP contribution in [0.2, 0.25) is 0 Å². The largest absolute Gasteiger partial charge is 0.376 e. The summed E-state index contributed by atoms with van der Waals surface area (Å²) in [5.74, 6) is 0.977. The lowest BCUT2D eigenvalue weighted by atomic mass is 10.2. The Morgan fingerprint density at radius 1 is 1.23 bits per heavy atom. The Balaban J connectivity index is 1.55. The first-order chi connectivity index (χ1) is 10.8. The van der Waals surface area contributed by atoms with Gasteiger partial charge in [-0.1, -0.05) is 18.2 Å². The van der Waals surface area contributed by atoms with Crippen molar-refractivity contribution >= 4 is 11.8 Å². The number of rotatable bonds is 6. The number of nitrogens with one attached hydrogen (secondary N) is 2. The molecule has 0 aliphatic carbocycles. The highest BCUT2D eigenvalue weighted by molar-refractivity contribution is 5.40. The van der Waals surface area contributed by atoms with Gasteiger partial charge in [-0.3, -0.25) is 0 Å². The van der Waals surface area contributed by atoms with Crippen molar-refractivity contribution in [1.29, 1.82) is 0 Å². The number of hydrogen-bond donors (Lipinski definition) is 2. The van der Waals surface area contributed by atoms with E-state index in [2.05, 4.69) is 20.6 Å². The normalized spacial score (nSPS) is 17.4. The first-order valence-corrected chi connectivity index (χ1v) is 7.47. The highest BCUT2D eigenvalue weighted by Gasteiger charge is 2.15. The van der Waals surface area contributed by atoms with Crippen LogP contribution in [0.5, 0.6) is 0 Å². The van der Waals surface area contributed by atoms with Crippen molar-refractivity contribution in [3.05, 3.63) is 47.9 Å². The molecule has 5 nitrogen and oxygen atoms in total. The van der Waals surface area contributed by atoms with Crippen molar-refractivity contribution in [1.82, 2.24) is 9.97 Å². The summed E-state index contributed by atoms with van der Waals surface area (Å²) in [5.41, 5.74) is 0.587. The molecule has 2 N–H and O–H groups in total. The van der Waals surface area contributed by atoms with Gasteiger partial charge in [-0.25, -0.2) is 9.37 Å². The second-order valence-electron chi connectivity index (χ2n) is 5.23. The molecule has 3 rings (SSSR count). The maximum absolute atomic E-state index is 13.6. The average Bonchev–Trinajstić information content (AvgIpc) is 3.06. The highest BCUT2D eigenvalue weighted by Crippen LogP contribution is 2.14. The molecule has 116 valence electrons. The van der Waals surface area contributed by atoms with Crippen LogP contribution in [0.15, 0.2) is 36.5 Å². The molecule has 1 unspecified atom stereocenters. The van der Waals surface area contributed by atoms with Crippen LogP contribution in [0.25, 0.3) is 0 Å². The van der Waals surface area contributed by atoms with E-state index in [0.717, 1.165) is 31.8 Å². The minimum absolute atomic E-state index is 0.234. The molecule has 1 aliphatic rings. The lowest BCUT2D eigenvalue weighted by molar-refractivity contribution is 0.120. The van der Waals surface area contributed by atoms with E-state index in [1.165, 1.54) is 6.07 Å². The van der Waals surface area contributed by atoms with Gasteiger partial charge in [0, 0.05) is 31.5 Å². The molecule has 1 aromatic heterocycles. The van der Waals surface area contributed by atoms with E-state index in [9.17, 15) is 4.39 Å². The second kappa shape index (κ2) is 7.17. The zero-order valence-corrected chi connectivity index (χ0v) is 12.3. The summed E-state index contributed by atoms with van der Waals surface area (Å²) in [6.07, 6.45) is 4.13. The number of nitrogens with zero attached hydrogens (tertiary/aromatic N) is 2. The van der Waals surface area contributed by atoms with E-state index >= 15 is 0 Å². The van der Waals surface area contributed by atoms with Crippen LogP contribution in [-0.2, 0) is 11.3 Å². The first kappa shape index (κ1) is 14.7. The Morgan fingerprint density at radius 2 is 2.14 bits per heavy atom. The zero-order valence-electron chi connectivity index (χ0n) is 12.3. The van der Waals surface area contributed by atoms with Gasteiger partial charge in [0.25, 0.3) is 0 Å². The Hall–Kier alpha value is -2.21. The van der Waals surface area contributed by atoms with Crippen molar-refractivity contribution in [3.8, 4) is 0 Å². The molecule has 1 atom stereocenters. The van der Waals surface area contributed by atoms with Gasteiger partial charge in [-0.15, -0.1) is 0 Å². The molecule has 1 fully saturated rings. The SMILES string of the molecule is Fc1ccccc1CNc1nccc(NCC2CCCO2)n1. The summed E-state index contributed by atoms with van der Waals surface area (Å²) in [6, 6.07) is 8.47. The topological polar surface area (TPSA) is 59.1 Å². The van der Waals surface area contributed by atoms with Crippen LogP contribution in [0.3, 0.4) is 0 Å². The van der Waals surface area contributed by atoms with Crippen molar-refractivity contribution in [2.75, 3.05) is 23.8 Å². The maximum atomic E-state index is 13.6. The Labute approximate surface area is 128 Å². The average molecular weight is 302 g/mol. The molecular weight excluding hydrogens is 283 g/mol. The van der Waals surface area contributed by atoms with Crippen molar-refractivity contribution in [3.63, 3.8) is 0 Å². The third-order valence-electron chi connectivity index (χ3n) is 3.59. The number of hydrogen-bond acceptors (Lipinski definition) is 5. The minimum Gasteiger partial charge on any atom is -0.376 e. The molecule has 6 heteroatoms. The monoisotopic (exact) mass is 302 g/mol. The standard InChI is InChI=1S/C16H19FN4O/c17-14-6-2-1-4-12(14)10-20-16-18-8-7-15(21-16)19-11-13-5-3-9-22-13/h1-2,4,6-8,13H,3,5,9-11H2,(H2,18,19,20,21). The molecule has 0 radical (unpaired) electrons. The Morgan fingerprint density at radius 3 is 2.95 bits per heavy atom. The maximum Gasteiger partial charge on any atom is 0.224 e. The molecule has 1 aliphatic heterocycles. The van der Waals surface area contributed by atoms with Gasteiger partial charge in [0.2, 0.25) is 5.95 Å². The van der Waals surface area contributed by atoms with Crippen LogP contribution < -0.4 is 10.6 Å². The lowest BCUT2D eigenvalue weighted by Gasteiger charge is -2.12. The third kappa shape index (κ3) is 3.92. The van der Waals surface area contributed by atoms with E-state index in [0.29, 0.717) is 18.1 Å². The van der Waals surface area contributed by atoms with Gasteiger partial charge in [0.05, 0.1) is 6.10 Å². The Bertz CT molecular complexity index is 617. The zero-order chi connectivity index (χ0) is 15.2. The van der Waals surface area contributed by atoms with Crippen LogP contribution in [-0.4, -0.2) is 29.2 Å². The quantitative estimate of drug-likeness (QED) is 0.859. The summed E-state index contributed by atoms with van der Waals surface area (Å²) in [6.45, 7) is 1.93. The predicted molar refractivity (Wildman–Crippen MR) is 83.2 cm³/mol. The summed E-state index contributed by atoms with van der Waals surface area (Å²) < 4.78 is 19.1. The number of halogens is 1. The number of benzene rings is 1. The van der Waals surface area contributed by atoms with E-state index < -0.39 is 0 Å². The van der Waals surface area contributed by atoms with E-state index in [-0.39, 0.29) is 11.9 Å². The lowest BCUT2D eigenvalue weighted by Crippen LogP contribution is -2.19. The van der Waals surface area contributed by atoms with Gasteiger partial charge < -0.3 is 15.4 Å². The molecule has 0 spiro atoms. The minimum atomic E-state index is -0.234. The van der Waals surface area contributed by atoms with E-state index in [1.54, 1.807) is 24.4 Å². The van der Waals surface area contributed by atoms with Gasteiger partial charge in [-0.05, 0) is 25.0 Å². The van der Waals surface area contributed by atoms with Crippen molar-refractivity contribution in [2.24, 2.45) is 0 Å². The number of aromatic nitrogens is 2. The summed E-state index contributed by atoms with van der Waals surface area (Å²) in [5, 5.41) is 6.28. The van der Waals surface area contributed by atoms with Crippen LogP contribution in [0.1, 0.15) is 18.4 Å². The number of ether oxygens (including phenoxy) is 1. The first-order valence-electron chi connectivity index (χ1n) is 7.47.